The third-order valence-corrected chi connectivity index (χ3v) is 6.79. The number of hydrogen-bond donors (Lipinski definition) is 1. The van der Waals surface area contributed by atoms with Crippen molar-refractivity contribution in [3.63, 3.8) is 0 Å². The first-order valence-electron chi connectivity index (χ1n) is 11.0. The molecular weight excluding hydrogens is 478 g/mol. The lowest BCUT2D eigenvalue weighted by Crippen LogP contribution is -2.24. The summed E-state index contributed by atoms with van der Waals surface area (Å²) >= 11 is 7.38. The summed E-state index contributed by atoms with van der Waals surface area (Å²) in [5, 5.41) is 9.33. The summed E-state index contributed by atoms with van der Waals surface area (Å²) in [6.07, 6.45) is 4.86. The van der Waals surface area contributed by atoms with Gasteiger partial charge in [0.25, 0.3) is 0 Å². The molecule has 4 rings (SSSR count). The minimum absolute atomic E-state index is 0.00303. The van der Waals surface area contributed by atoms with Crippen LogP contribution >= 0.6 is 23.5 Å². The van der Waals surface area contributed by atoms with Crippen LogP contribution in [0.1, 0.15) is 44.7 Å². The summed E-state index contributed by atoms with van der Waals surface area (Å²) in [7, 11) is 3.22. The van der Waals surface area contributed by atoms with E-state index in [2.05, 4.69) is 36.8 Å². The molecule has 3 aromatic rings. The Morgan fingerprint density at radius 1 is 1.21 bits per heavy atom. The van der Waals surface area contributed by atoms with Gasteiger partial charge in [-0.1, -0.05) is 17.7 Å². The monoisotopic (exact) mass is 505 g/mol. The molecule has 0 radical (unpaired) electrons. The van der Waals surface area contributed by atoms with Gasteiger partial charge in [0.15, 0.2) is 11.6 Å². The highest BCUT2D eigenvalue weighted by Gasteiger charge is 2.30. The molecule has 0 spiro atoms. The summed E-state index contributed by atoms with van der Waals surface area (Å²) in [5.74, 6) is 2.32. The molecule has 0 amide bonds. The normalized spacial score (nSPS) is 18.4. The number of aromatic nitrogens is 6. The molecule has 4 heterocycles. The molecule has 0 aromatic carbocycles. The molecule has 1 N–H and O–H groups in total. The van der Waals surface area contributed by atoms with Gasteiger partial charge >= 0.3 is 0 Å². The SMILES string of the molecule is COc1cccc(-c2nnc(NSC(C)C(OC)c3ncc(Cl)cn3)n2[C@@H](C)C2CCCO2)n1. The molecule has 1 aliphatic heterocycles. The average molecular weight is 506 g/mol. The minimum Gasteiger partial charge on any atom is -0.481 e. The topological polar surface area (TPSA) is 109 Å². The fraction of sp³-hybridized carbons (Fsp3) is 0.500. The highest BCUT2D eigenvalue weighted by atomic mass is 35.5. The van der Waals surface area contributed by atoms with Gasteiger partial charge in [0.2, 0.25) is 11.8 Å². The molecule has 34 heavy (non-hydrogen) atoms. The Hall–Kier alpha value is -2.47. The number of rotatable bonds is 10. The summed E-state index contributed by atoms with van der Waals surface area (Å²) in [6, 6.07) is 5.57. The van der Waals surface area contributed by atoms with Gasteiger partial charge in [-0.15, -0.1) is 10.2 Å². The van der Waals surface area contributed by atoms with Crippen molar-refractivity contribution in [2.24, 2.45) is 0 Å². The van der Waals surface area contributed by atoms with Crippen molar-refractivity contribution in [3.05, 3.63) is 41.4 Å². The molecule has 1 aliphatic rings. The van der Waals surface area contributed by atoms with Crippen molar-refractivity contribution in [3.8, 4) is 17.4 Å². The smallest absolute Gasteiger partial charge is 0.235 e. The number of hydrogen-bond acceptors (Lipinski definition) is 10. The molecule has 1 fully saturated rings. The Labute approximate surface area is 207 Å². The van der Waals surface area contributed by atoms with Crippen LogP contribution < -0.4 is 9.46 Å². The van der Waals surface area contributed by atoms with Crippen molar-refractivity contribution < 1.29 is 14.2 Å². The second-order valence-electron chi connectivity index (χ2n) is 7.92. The maximum absolute atomic E-state index is 5.97. The van der Waals surface area contributed by atoms with Crippen molar-refractivity contribution in [1.82, 2.24) is 29.7 Å². The van der Waals surface area contributed by atoms with E-state index in [4.69, 9.17) is 25.8 Å². The Morgan fingerprint density at radius 2 is 2.00 bits per heavy atom. The van der Waals surface area contributed by atoms with E-state index in [-0.39, 0.29) is 23.5 Å². The largest absolute Gasteiger partial charge is 0.481 e. The number of methoxy groups -OCH3 is 2. The van der Waals surface area contributed by atoms with Crippen molar-refractivity contribution >= 4 is 29.5 Å². The highest BCUT2D eigenvalue weighted by molar-refractivity contribution is 8.01. The van der Waals surface area contributed by atoms with Gasteiger partial charge in [-0.05, 0) is 44.7 Å². The first kappa shape index (κ1) is 24.6. The molecule has 12 heteroatoms. The van der Waals surface area contributed by atoms with Gasteiger partial charge < -0.3 is 14.2 Å². The summed E-state index contributed by atoms with van der Waals surface area (Å²) in [6.45, 7) is 4.90. The minimum atomic E-state index is -0.346. The van der Waals surface area contributed by atoms with Crippen LogP contribution in [0, 0.1) is 0 Å². The molecular formula is C22H28ClN7O3S. The number of ether oxygens (including phenoxy) is 3. The molecule has 1 saturated heterocycles. The average Bonchev–Trinajstić information content (AvgIpc) is 3.54. The maximum Gasteiger partial charge on any atom is 0.235 e. The van der Waals surface area contributed by atoms with Crippen molar-refractivity contribution in [2.75, 3.05) is 25.5 Å². The van der Waals surface area contributed by atoms with Crippen LogP contribution in [0.15, 0.2) is 30.6 Å². The lowest BCUT2D eigenvalue weighted by Gasteiger charge is -2.25. The fourth-order valence-corrected chi connectivity index (χ4v) is 4.79. The van der Waals surface area contributed by atoms with Crippen molar-refractivity contribution in [2.45, 2.75) is 50.2 Å². The lowest BCUT2D eigenvalue weighted by atomic mass is 10.1. The van der Waals surface area contributed by atoms with Gasteiger partial charge in [-0.3, -0.25) is 9.29 Å². The Morgan fingerprint density at radius 3 is 2.68 bits per heavy atom. The summed E-state index contributed by atoms with van der Waals surface area (Å²) in [4.78, 5) is 13.2. The lowest BCUT2D eigenvalue weighted by molar-refractivity contribution is 0.0743. The zero-order valence-electron chi connectivity index (χ0n) is 19.5. The van der Waals surface area contributed by atoms with E-state index in [1.165, 1.54) is 11.9 Å². The fourth-order valence-electron chi connectivity index (χ4n) is 3.91. The van der Waals surface area contributed by atoms with Gasteiger partial charge in [0.05, 0.1) is 29.5 Å². The summed E-state index contributed by atoms with van der Waals surface area (Å²) in [5.41, 5.74) is 0.673. The standard InChI is InChI=1S/C22H28ClN7O3S/c1-13(17-8-6-10-33-17)30-21(16-7-5-9-18(26-16)31-3)27-28-22(30)29-34-14(2)19(32-4)20-24-11-15(23)12-25-20/h5,7,9,11-14,17,19H,6,8,10H2,1-4H3,(H,28,29)/t13-,14?,17?,19?/m0/s1. The first-order valence-corrected chi connectivity index (χ1v) is 12.3. The van der Waals surface area contributed by atoms with E-state index < -0.39 is 0 Å². The van der Waals surface area contributed by atoms with Crippen LogP contribution in [0.4, 0.5) is 5.95 Å². The third-order valence-electron chi connectivity index (χ3n) is 5.68. The van der Waals surface area contributed by atoms with Crippen LogP contribution in [-0.4, -0.2) is 61.9 Å². The quantitative estimate of drug-likeness (QED) is 0.399. The predicted molar refractivity (Wildman–Crippen MR) is 131 cm³/mol. The van der Waals surface area contributed by atoms with Crippen LogP contribution in [-0.2, 0) is 9.47 Å². The third kappa shape index (κ3) is 5.43. The zero-order valence-corrected chi connectivity index (χ0v) is 21.1. The zero-order chi connectivity index (χ0) is 24.1. The van der Waals surface area contributed by atoms with Crippen LogP contribution in [0.25, 0.3) is 11.5 Å². The Kier molecular flexibility index (Phi) is 8.19. The number of nitrogens with one attached hydrogen (secondary N) is 1. The highest BCUT2D eigenvalue weighted by Crippen LogP contribution is 2.34. The van der Waals surface area contributed by atoms with Crippen molar-refractivity contribution in [1.29, 1.82) is 0 Å². The number of nitrogens with zero attached hydrogens (tertiary/aromatic N) is 6. The first-order chi connectivity index (χ1) is 16.5. The maximum atomic E-state index is 5.97. The van der Waals surface area contributed by atoms with Gasteiger partial charge in [-0.2, -0.15) is 0 Å². The molecule has 182 valence electrons. The van der Waals surface area contributed by atoms with E-state index in [0.717, 1.165) is 19.4 Å². The molecule has 0 aliphatic carbocycles. The van der Waals surface area contributed by atoms with Crippen LogP contribution in [0.2, 0.25) is 5.02 Å². The molecule has 3 aromatic heterocycles. The Bertz CT molecular complexity index is 1080. The molecule has 3 unspecified atom stereocenters. The van der Waals surface area contributed by atoms with Crippen LogP contribution in [0.3, 0.4) is 0 Å². The number of pyridine rings is 1. The predicted octanol–water partition coefficient (Wildman–Crippen LogP) is 4.37. The molecule has 0 saturated carbocycles. The second-order valence-corrected chi connectivity index (χ2v) is 9.54. The second kappa shape index (κ2) is 11.3. The molecule has 0 bridgehead atoms. The molecule has 4 atom stereocenters. The van der Waals surface area contributed by atoms with Crippen LogP contribution in [0.5, 0.6) is 5.88 Å². The summed E-state index contributed by atoms with van der Waals surface area (Å²) < 4.78 is 22.3. The van der Waals surface area contributed by atoms with Gasteiger partial charge in [0, 0.05) is 32.2 Å². The molecule has 10 nitrogen and oxygen atoms in total. The number of anilines is 1. The Balaban J connectivity index is 1.59. The van der Waals surface area contributed by atoms with Gasteiger partial charge in [0.1, 0.15) is 11.8 Å². The van der Waals surface area contributed by atoms with E-state index in [1.54, 1.807) is 32.7 Å². The van der Waals surface area contributed by atoms with E-state index >= 15 is 0 Å². The van der Waals surface area contributed by atoms with E-state index in [9.17, 15) is 0 Å². The number of halogens is 1. The van der Waals surface area contributed by atoms with Gasteiger partial charge in [-0.25, -0.2) is 15.0 Å². The van der Waals surface area contributed by atoms with E-state index in [0.29, 0.717) is 34.2 Å². The van der Waals surface area contributed by atoms with E-state index in [1.807, 2.05) is 23.6 Å².